The van der Waals surface area contributed by atoms with Crippen LogP contribution in [0.5, 0.6) is 0 Å². The molecular weight excluding hydrogens is 318 g/mol. The summed E-state index contributed by atoms with van der Waals surface area (Å²) in [5, 5.41) is 7.94. The van der Waals surface area contributed by atoms with Crippen LogP contribution in [0, 0.1) is 0 Å². The van der Waals surface area contributed by atoms with E-state index in [1.807, 2.05) is 31.4 Å². The second-order valence-electron chi connectivity index (χ2n) is 5.07. The number of hydrogen-bond acceptors (Lipinski definition) is 4. The molecule has 120 valence electrons. The summed E-state index contributed by atoms with van der Waals surface area (Å²) in [7, 11) is 1.82. The Hall–Kier alpha value is -2.47. The zero-order valence-corrected chi connectivity index (χ0v) is 13.3. The molecule has 0 saturated heterocycles. The summed E-state index contributed by atoms with van der Waals surface area (Å²) < 4.78 is 12.1. The smallest absolute Gasteiger partial charge is 0.290 e. The first-order valence-electron chi connectivity index (χ1n) is 7.14. The van der Waals surface area contributed by atoms with Crippen molar-refractivity contribution in [2.24, 2.45) is 7.05 Å². The molecule has 0 fully saturated rings. The summed E-state index contributed by atoms with van der Waals surface area (Å²) in [6.07, 6.45) is 3.15. The topological polar surface area (TPSA) is 65.4 Å². The van der Waals surface area contributed by atoms with E-state index in [2.05, 4.69) is 10.4 Å². The van der Waals surface area contributed by atoms with Gasteiger partial charge in [0.1, 0.15) is 19.5 Å². The molecule has 1 aromatic heterocycles. The third kappa shape index (κ3) is 3.65. The van der Waals surface area contributed by atoms with E-state index >= 15 is 0 Å². The van der Waals surface area contributed by atoms with Gasteiger partial charge in [0.15, 0.2) is 0 Å². The number of nitrogens with zero attached hydrogens (tertiary/aromatic N) is 2. The molecule has 2 aromatic rings. The molecule has 6 nitrogen and oxygen atoms in total. The number of benzene rings is 1. The van der Waals surface area contributed by atoms with Crippen molar-refractivity contribution in [1.82, 2.24) is 15.1 Å². The van der Waals surface area contributed by atoms with Gasteiger partial charge in [-0.05, 0) is 23.8 Å². The van der Waals surface area contributed by atoms with Crippen molar-refractivity contribution >= 4 is 17.5 Å². The SMILES string of the molecule is Cn1ccc(C(NC(=O)C2=COCCO2)c2ccc(Cl)cc2)n1. The van der Waals surface area contributed by atoms with E-state index in [-0.39, 0.29) is 11.7 Å². The van der Waals surface area contributed by atoms with Gasteiger partial charge in [-0.3, -0.25) is 9.48 Å². The van der Waals surface area contributed by atoms with Gasteiger partial charge in [-0.15, -0.1) is 0 Å². The summed E-state index contributed by atoms with van der Waals surface area (Å²) in [5.41, 5.74) is 1.60. The number of carbonyl (C=O) groups excluding carboxylic acids is 1. The fraction of sp³-hybridized carbons (Fsp3) is 0.250. The molecule has 1 aromatic carbocycles. The minimum absolute atomic E-state index is 0.158. The minimum atomic E-state index is -0.410. The number of rotatable bonds is 4. The summed E-state index contributed by atoms with van der Waals surface area (Å²) in [6, 6.07) is 8.71. The Morgan fingerprint density at radius 2 is 2.09 bits per heavy atom. The number of nitrogens with one attached hydrogen (secondary N) is 1. The minimum Gasteiger partial charge on any atom is -0.494 e. The van der Waals surface area contributed by atoms with Crippen LogP contribution in [0.4, 0.5) is 0 Å². The van der Waals surface area contributed by atoms with Gasteiger partial charge < -0.3 is 14.8 Å². The van der Waals surface area contributed by atoms with E-state index < -0.39 is 6.04 Å². The Morgan fingerprint density at radius 3 is 2.70 bits per heavy atom. The second kappa shape index (κ2) is 6.75. The summed E-state index contributed by atoms with van der Waals surface area (Å²) in [6.45, 7) is 0.798. The molecule has 1 atom stereocenters. The van der Waals surface area contributed by atoms with E-state index in [1.54, 1.807) is 16.8 Å². The summed E-state index contributed by atoms with van der Waals surface area (Å²) >= 11 is 5.94. The summed E-state index contributed by atoms with van der Waals surface area (Å²) in [4.78, 5) is 12.4. The van der Waals surface area contributed by atoms with Crippen LogP contribution >= 0.6 is 11.6 Å². The maximum Gasteiger partial charge on any atom is 0.290 e. The van der Waals surface area contributed by atoms with Crippen LogP contribution in [0.1, 0.15) is 17.3 Å². The zero-order chi connectivity index (χ0) is 16.2. The first-order valence-corrected chi connectivity index (χ1v) is 7.52. The molecular formula is C16H16ClN3O3. The number of hydrogen-bond donors (Lipinski definition) is 1. The van der Waals surface area contributed by atoms with Crippen molar-refractivity contribution in [2.75, 3.05) is 13.2 Å². The molecule has 23 heavy (non-hydrogen) atoms. The van der Waals surface area contributed by atoms with Crippen LogP contribution in [0.25, 0.3) is 0 Å². The Bertz CT molecular complexity index is 724. The molecule has 0 radical (unpaired) electrons. The predicted molar refractivity (Wildman–Crippen MR) is 84.6 cm³/mol. The highest BCUT2D eigenvalue weighted by Gasteiger charge is 2.23. The van der Waals surface area contributed by atoms with E-state index in [1.165, 1.54) is 6.26 Å². The van der Waals surface area contributed by atoms with E-state index in [0.29, 0.717) is 18.2 Å². The molecule has 1 aliphatic rings. The van der Waals surface area contributed by atoms with Gasteiger partial charge in [0.25, 0.3) is 5.91 Å². The maximum atomic E-state index is 12.4. The molecule has 0 bridgehead atoms. The highest BCUT2D eigenvalue weighted by molar-refractivity contribution is 6.30. The molecule has 1 N–H and O–H groups in total. The largest absolute Gasteiger partial charge is 0.494 e. The molecule has 1 aliphatic heterocycles. The third-order valence-corrected chi connectivity index (χ3v) is 3.63. The van der Waals surface area contributed by atoms with Gasteiger partial charge >= 0.3 is 0 Å². The monoisotopic (exact) mass is 333 g/mol. The lowest BCUT2D eigenvalue weighted by molar-refractivity contribution is -0.122. The molecule has 1 amide bonds. The Labute approximate surface area is 138 Å². The first-order chi connectivity index (χ1) is 11.1. The van der Waals surface area contributed by atoms with Gasteiger partial charge in [0.2, 0.25) is 5.76 Å². The zero-order valence-electron chi connectivity index (χ0n) is 12.5. The van der Waals surface area contributed by atoms with Crippen molar-refractivity contribution in [3.63, 3.8) is 0 Å². The number of carbonyl (C=O) groups is 1. The molecule has 3 rings (SSSR count). The quantitative estimate of drug-likeness (QED) is 0.931. The van der Waals surface area contributed by atoms with Crippen molar-refractivity contribution in [1.29, 1.82) is 0 Å². The number of aryl methyl sites for hydroxylation is 1. The molecule has 0 spiro atoms. The van der Waals surface area contributed by atoms with Crippen LogP contribution in [0.3, 0.4) is 0 Å². The fourth-order valence-corrected chi connectivity index (χ4v) is 2.39. The van der Waals surface area contributed by atoms with Crippen molar-refractivity contribution < 1.29 is 14.3 Å². The van der Waals surface area contributed by atoms with Crippen LogP contribution in [-0.4, -0.2) is 28.9 Å². The van der Waals surface area contributed by atoms with E-state index in [0.717, 1.165) is 11.3 Å². The Morgan fingerprint density at radius 1 is 1.30 bits per heavy atom. The van der Waals surface area contributed by atoms with Crippen LogP contribution in [-0.2, 0) is 21.3 Å². The number of halogens is 1. The second-order valence-corrected chi connectivity index (χ2v) is 5.51. The lowest BCUT2D eigenvalue weighted by Gasteiger charge is -2.20. The molecule has 0 aliphatic carbocycles. The predicted octanol–water partition coefficient (Wildman–Crippen LogP) is 2.17. The van der Waals surface area contributed by atoms with Gasteiger partial charge in [-0.2, -0.15) is 5.10 Å². The third-order valence-electron chi connectivity index (χ3n) is 3.38. The average molecular weight is 334 g/mol. The number of ether oxygens (including phenoxy) is 2. The average Bonchev–Trinajstić information content (AvgIpc) is 3.00. The molecule has 2 heterocycles. The van der Waals surface area contributed by atoms with Crippen molar-refractivity contribution in [3.8, 4) is 0 Å². The van der Waals surface area contributed by atoms with Gasteiger partial charge in [-0.25, -0.2) is 0 Å². The number of aromatic nitrogens is 2. The molecule has 7 heteroatoms. The lowest BCUT2D eigenvalue weighted by Crippen LogP contribution is -2.33. The van der Waals surface area contributed by atoms with Crippen LogP contribution in [0.2, 0.25) is 5.02 Å². The standard InChI is InChI=1S/C16H16ClN3O3/c1-20-7-6-13(19-20)15(11-2-4-12(17)5-3-11)18-16(21)14-10-22-8-9-23-14/h2-7,10,15H,8-9H2,1H3,(H,18,21). The number of amides is 1. The highest BCUT2D eigenvalue weighted by atomic mass is 35.5. The van der Waals surface area contributed by atoms with Gasteiger partial charge in [0, 0.05) is 18.3 Å². The molecule has 1 unspecified atom stereocenters. The lowest BCUT2D eigenvalue weighted by atomic mass is 10.0. The Kier molecular flexibility index (Phi) is 4.52. The normalized spacial score (nSPS) is 15.1. The van der Waals surface area contributed by atoms with E-state index in [4.69, 9.17) is 21.1 Å². The van der Waals surface area contributed by atoms with Crippen molar-refractivity contribution in [3.05, 3.63) is 64.8 Å². The van der Waals surface area contributed by atoms with Crippen molar-refractivity contribution in [2.45, 2.75) is 6.04 Å². The van der Waals surface area contributed by atoms with Gasteiger partial charge in [-0.1, -0.05) is 23.7 Å². The summed E-state index contributed by atoms with van der Waals surface area (Å²) in [5.74, 6) is -0.193. The molecule has 0 saturated carbocycles. The fourth-order valence-electron chi connectivity index (χ4n) is 2.26. The van der Waals surface area contributed by atoms with Crippen LogP contribution in [0.15, 0.2) is 48.5 Å². The first kappa shape index (κ1) is 15.4. The van der Waals surface area contributed by atoms with Gasteiger partial charge in [0.05, 0.1) is 11.7 Å². The highest BCUT2D eigenvalue weighted by Crippen LogP contribution is 2.23. The maximum absolute atomic E-state index is 12.4. The Balaban J connectivity index is 1.87. The van der Waals surface area contributed by atoms with Crippen LogP contribution < -0.4 is 5.32 Å². The van der Waals surface area contributed by atoms with E-state index in [9.17, 15) is 4.79 Å².